The van der Waals surface area contributed by atoms with E-state index in [1.807, 2.05) is 38.1 Å². The number of hydrogen-bond acceptors (Lipinski definition) is 1. The van der Waals surface area contributed by atoms with Gasteiger partial charge in [0.2, 0.25) is 0 Å². The van der Waals surface area contributed by atoms with Crippen molar-refractivity contribution in [1.29, 1.82) is 0 Å². The number of rotatable bonds is 1. The van der Waals surface area contributed by atoms with Crippen molar-refractivity contribution in [2.75, 3.05) is 5.73 Å². The van der Waals surface area contributed by atoms with Gasteiger partial charge in [-0.3, -0.25) is 0 Å². The van der Waals surface area contributed by atoms with Gasteiger partial charge in [0, 0.05) is 5.69 Å². The second-order valence-electron chi connectivity index (χ2n) is 1.87. The van der Waals surface area contributed by atoms with Crippen molar-refractivity contribution in [2.24, 2.45) is 0 Å². The van der Waals surface area contributed by atoms with Crippen LogP contribution in [0.5, 0.6) is 0 Å². The van der Waals surface area contributed by atoms with E-state index in [2.05, 4.69) is 6.58 Å². The van der Waals surface area contributed by atoms with Gasteiger partial charge in [0.15, 0.2) is 0 Å². The Hall–Kier alpha value is -1.24. The van der Waals surface area contributed by atoms with Crippen LogP contribution in [0, 0.1) is 0 Å². The Balaban J connectivity index is 0.000000461. The molecule has 1 heteroatoms. The molecule has 1 aromatic rings. The normalized spacial score (nSPS) is 7.82. The summed E-state index contributed by atoms with van der Waals surface area (Å²) in [6, 6.07) is 7.58. The first-order valence-corrected chi connectivity index (χ1v) is 3.81. The molecular weight excluding hydrogens is 134 g/mol. The molecular formula is C10H15N. The first kappa shape index (κ1) is 9.76. The molecule has 60 valence electrons. The van der Waals surface area contributed by atoms with E-state index in [0.29, 0.717) is 0 Å². The third-order valence-corrected chi connectivity index (χ3v) is 1.17. The quantitative estimate of drug-likeness (QED) is 0.610. The maximum Gasteiger partial charge on any atom is 0.0314 e. The summed E-state index contributed by atoms with van der Waals surface area (Å²) in [5, 5.41) is 0. The molecule has 0 unspecified atom stereocenters. The molecule has 11 heavy (non-hydrogen) atoms. The lowest BCUT2D eigenvalue weighted by Gasteiger charge is -1.91. The standard InChI is InChI=1S/C8H9N.C2H6/c1-2-7-3-5-8(9)6-4-7;1-2/h2-6H,1,9H2;1-2H3. The molecule has 0 spiro atoms. The van der Waals surface area contributed by atoms with E-state index in [0.717, 1.165) is 11.3 Å². The van der Waals surface area contributed by atoms with E-state index in [-0.39, 0.29) is 0 Å². The molecule has 0 amide bonds. The summed E-state index contributed by atoms with van der Waals surface area (Å²) in [5.41, 5.74) is 7.34. The Labute approximate surface area is 68.5 Å². The van der Waals surface area contributed by atoms with Gasteiger partial charge < -0.3 is 5.73 Å². The summed E-state index contributed by atoms with van der Waals surface area (Å²) < 4.78 is 0. The summed E-state index contributed by atoms with van der Waals surface area (Å²) in [6.45, 7) is 7.62. The fourth-order valence-electron chi connectivity index (χ4n) is 0.632. The Morgan fingerprint density at radius 1 is 1.18 bits per heavy atom. The molecule has 0 fully saturated rings. The topological polar surface area (TPSA) is 26.0 Å². The Kier molecular flexibility index (Phi) is 4.91. The lowest BCUT2D eigenvalue weighted by atomic mass is 10.2. The SMILES string of the molecule is C=Cc1ccc(N)cc1.CC. The van der Waals surface area contributed by atoms with Gasteiger partial charge in [0.05, 0.1) is 0 Å². The van der Waals surface area contributed by atoms with Crippen LogP contribution in [0.2, 0.25) is 0 Å². The summed E-state index contributed by atoms with van der Waals surface area (Å²) in [5.74, 6) is 0. The molecule has 0 saturated carbocycles. The van der Waals surface area contributed by atoms with E-state index < -0.39 is 0 Å². The van der Waals surface area contributed by atoms with Gasteiger partial charge >= 0.3 is 0 Å². The predicted molar refractivity (Wildman–Crippen MR) is 52.3 cm³/mol. The zero-order chi connectivity index (χ0) is 8.69. The first-order valence-electron chi connectivity index (χ1n) is 3.81. The molecule has 0 bridgehead atoms. The van der Waals surface area contributed by atoms with Crippen LogP contribution >= 0.6 is 0 Å². The first-order chi connectivity index (χ1) is 5.33. The molecule has 0 aliphatic heterocycles. The second kappa shape index (κ2) is 5.54. The summed E-state index contributed by atoms with van der Waals surface area (Å²) in [7, 11) is 0. The molecule has 0 saturated heterocycles. The molecule has 1 nitrogen and oxygen atoms in total. The largest absolute Gasteiger partial charge is 0.399 e. The van der Waals surface area contributed by atoms with Gasteiger partial charge in [-0.25, -0.2) is 0 Å². The van der Waals surface area contributed by atoms with Crippen LogP contribution in [0.25, 0.3) is 6.08 Å². The highest BCUT2D eigenvalue weighted by molar-refractivity contribution is 5.51. The van der Waals surface area contributed by atoms with Crippen LogP contribution in [0.4, 0.5) is 5.69 Å². The van der Waals surface area contributed by atoms with Crippen LogP contribution in [-0.4, -0.2) is 0 Å². The zero-order valence-corrected chi connectivity index (χ0v) is 7.17. The molecule has 0 atom stereocenters. The molecule has 0 heterocycles. The third kappa shape index (κ3) is 3.46. The van der Waals surface area contributed by atoms with Gasteiger partial charge in [-0.05, 0) is 17.7 Å². The molecule has 0 aliphatic rings. The number of nitrogen functional groups attached to an aromatic ring is 1. The minimum atomic E-state index is 0.792. The molecule has 0 aliphatic carbocycles. The Morgan fingerprint density at radius 2 is 1.64 bits per heavy atom. The summed E-state index contributed by atoms with van der Waals surface area (Å²) in [4.78, 5) is 0. The number of benzene rings is 1. The maximum absolute atomic E-state index is 5.45. The minimum absolute atomic E-state index is 0.792. The van der Waals surface area contributed by atoms with Crippen LogP contribution < -0.4 is 5.73 Å². The number of anilines is 1. The zero-order valence-electron chi connectivity index (χ0n) is 7.17. The lowest BCUT2D eigenvalue weighted by Crippen LogP contribution is -1.81. The highest BCUT2D eigenvalue weighted by Gasteiger charge is 1.82. The van der Waals surface area contributed by atoms with Crippen molar-refractivity contribution in [3.63, 3.8) is 0 Å². The van der Waals surface area contributed by atoms with E-state index >= 15 is 0 Å². The van der Waals surface area contributed by atoms with Crippen molar-refractivity contribution in [3.05, 3.63) is 36.4 Å². The average Bonchev–Trinajstić information content (AvgIpc) is 2.10. The highest BCUT2D eigenvalue weighted by atomic mass is 14.5. The van der Waals surface area contributed by atoms with Gasteiger partial charge in [-0.15, -0.1) is 0 Å². The summed E-state index contributed by atoms with van der Waals surface area (Å²) >= 11 is 0. The van der Waals surface area contributed by atoms with Crippen LogP contribution in [0.3, 0.4) is 0 Å². The fourth-order valence-corrected chi connectivity index (χ4v) is 0.632. The number of hydrogen-bond donors (Lipinski definition) is 1. The van der Waals surface area contributed by atoms with Crippen molar-refractivity contribution in [2.45, 2.75) is 13.8 Å². The van der Waals surface area contributed by atoms with Crippen LogP contribution in [0.1, 0.15) is 19.4 Å². The predicted octanol–water partition coefficient (Wildman–Crippen LogP) is 2.94. The monoisotopic (exact) mass is 149 g/mol. The molecule has 1 rings (SSSR count). The second-order valence-corrected chi connectivity index (χ2v) is 1.87. The lowest BCUT2D eigenvalue weighted by molar-refractivity contribution is 1.50. The smallest absolute Gasteiger partial charge is 0.0314 e. The maximum atomic E-state index is 5.45. The van der Waals surface area contributed by atoms with Crippen LogP contribution in [-0.2, 0) is 0 Å². The molecule has 2 N–H and O–H groups in total. The van der Waals surface area contributed by atoms with Crippen molar-refractivity contribution in [3.8, 4) is 0 Å². The highest BCUT2D eigenvalue weighted by Crippen LogP contribution is 2.05. The molecule has 0 radical (unpaired) electrons. The summed E-state index contributed by atoms with van der Waals surface area (Å²) in [6.07, 6.45) is 1.79. The fraction of sp³-hybridized carbons (Fsp3) is 0.200. The Morgan fingerprint density at radius 3 is 2.00 bits per heavy atom. The van der Waals surface area contributed by atoms with Gasteiger partial charge in [-0.1, -0.05) is 38.6 Å². The van der Waals surface area contributed by atoms with Crippen molar-refractivity contribution in [1.82, 2.24) is 0 Å². The molecule has 0 aromatic heterocycles. The van der Waals surface area contributed by atoms with E-state index in [9.17, 15) is 0 Å². The van der Waals surface area contributed by atoms with Gasteiger partial charge in [0.1, 0.15) is 0 Å². The van der Waals surface area contributed by atoms with Crippen LogP contribution in [0.15, 0.2) is 30.8 Å². The molecule has 1 aromatic carbocycles. The van der Waals surface area contributed by atoms with Crippen molar-refractivity contribution < 1.29 is 0 Å². The Bertz CT molecular complexity index is 199. The van der Waals surface area contributed by atoms with Crippen molar-refractivity contribution >= 4 is 11.8 Å². The van der Waals surface area contributed by atoms with E-state index in [1.165, 1.54) is 0 Å². The average molecular weight is 149 g/mol. The minimum Gasteiger partial charge on any atom is -0.399 e. The van der Waals surface area contributed by atoms with Gasteiger partial charge in [0.25, 0.3) is 0 Å². The third-order valence-electron chi connectivity index (χ3n) is 1.17. The van der Waals surface area contributed by atoms with E-state index in [1.54, 1.807) is 6.08 Å². The number of nitrogens with two attached hydrogens (primary N) is 1. The van der Waals surface area contributed by atoms with E-state index in [4.69, 9.17) is 5.73 Å². The van der Waals surface area contributed by atoms with Gasteiger partial charge in [-0.2, -0.15) is 0 Å².